The van der Waals surface area contributed by atoms with Crippen molar-refractivity contribution < 1.29 is 9.53 Å². The van der Waals surface area contributed by atoms with Gasteiger partial charge in [-0.05, 0) is 32.3 Å². The van der Waals surface area contributed by atoms with E-state index >= 15 is 0 Å². The Hall–Kier alpha value is -3.02. The van der Waals surface area contributed by atoms with Crippen molar-refractivity contribution in [3.63, 3.8) is 0 Å². The van der Waals surface area contributed by atoms with Gasteiger partial charge in [0.2, 0.25) is 0 Å². The minimum atomic E-state index is -0.509. The Labute approximate surface area is 145 Å². The van der Waals surface area contributed by atoms with Gasteiger partial charge in [0.1, 0.15) is 11.6 Å². The van der Waals surface area contributed by atoms with Crippen LogP contribution < -0.4 is 4.90 Å². The maximum absolute atomic E-state index is 11.5. The van der Waals surface area contributed by atoms with Crippen LogP contribution >= 0.6 is 0 Å². The Bertz CT molecular complexity index is 839. The Morgan fingerprint density at radius 2 is 2.16 bits per heavy atom. The third-order valence-corrected chi connectivity index (χ3v) is 4.52. The van der Waals surface area contributed by atoms with Gasteiger partial charge in [-0.15, -0.1) is 10.2 Å². The molecule has 9 heteroatoms. The number of carbonyl (C=O) groups is 1. The summed E-state index contributed by atoms with van der Waals surface area (Å²) in [5.74, 6) is 0.0920. The lowest BCUT2D eigenvalue weighted by molar-refractivity contribution is 0.0594. The van der Waals surface area contributed by atoms with E-state index in [1.807, 2.05) is 18.7 Å². The minimum absolute atomic E-state index is 0.0367. The van der Waals surface area contributed by atoms with Crippen LogP contribution in [0.4, 0.5) is 5.82 Å². The van der Waals surface area contributed by atoms with Crippen LogP contribution in [-0.4, -0.2) is 51.4 Å². The molecular formula is C16H19N7O2. The lowest BCUT2D eigenvalue weighted by atomic mass is 10.0. The second-order valence-corrected chi connectivity index (χ2v) is 6.04. The maximum atomic E-state index is 11.5. The highest BCUT2D eigenvalue weighted by Crippen LogP contribution is 2.28. The Morgan fingerprint density at radius 1 is 1.36 bits per heavy atom. The number of nitrogens with zero attached hydrogens (tertiary/aromatic N) is 7. The predicted molar refractivity (Wildman–Crippen MR) is 88.1 cm³/mol. The van der Waals surface area contributed by atoms with Crippen LogP contribution in [0.2, 0.25) is 0 Å². The summed E-state index contributed by atoms with van der Waals surface area (Å²) < 4.78 is 6.34. The monoisotopic (exact) mass is 341 g/mol. The fraction of sp³-hybridized carbons (Fsp3) is 0.500. The molecule has 0 spiro atoms. The van der Waals surface area contributed by atoms with Gasteiger partial charge in [0.05, 0.1) is 25.0 Å². The Balaban J connectivity index is 1.85. The van der Waals surface area contributed by atoms with Crippen molar-refractivity contribution in [2.75, 3.05) is 25.1 Å². The lowest BCUT2D eigenvalue weighted by Gasteiger charge is -2.33. The standard InChI is InChI=1S/C16H19N7O2/c1-10-11(2)18-20-15(13(10)7-17)22-6-4-5-12(8-22)23-9-14(19-21-23)16(24)25-3/h9,12H,4-6,8H2,1-3H3/t12-/m0/s1. The van der Waals surface area contributed by atoms with Gasteiger partial charge in [-0.3, -0.25) is 0 Å². The summed E-state index contributed by atoms with van der Waals surface area (Å²) >= 11 is 0. The summed E-state index contributed by atoms with van der Waals surface area (Å²) in [6.07, 6.45) is 3.41. The SMILES string of the molecule is COC(=O)c1cn([C@H]2CCCN(c3nnc(C)c(C)c3C#N)C2)nn1. The first-order chi connectivity index (χ1) is 12.0. The molecule has 0 aromatic carbocycles. The van der Waals surface area contributed by atoms with Crippen molar-refractivity contribution in [3.05, 3.63) is 28.7 Å². The number of ether oxygens (including phenoxy) is 1. The van der Waals surface area contributed by atoms with E-state index in [0.29, 0.717) is 17.9 Å². The molecular weight excluding hydrogens is 322 g/mol. The molecule has 1 saturated heterocycles. The van der Waals surface area contributed by atoms with E-state index in [0.717, 1.165) is 30.6 Å². The summed E-state index contributed by atoms with van der Waals surface area (Å²) in [5.41, 5.74) is 2.35. The largest absolute Gasteiger partial charge is 0.464 e. The number of aromatic nitrogens is 5. The number of nitriles is 1. The summed E-state index contributed by atoms with van der Waals surface area (Å²) in [7, 11) is 1.31. The van der Waals surface area contributed by atoms with Crippen molar-refractivity contribution >= 4 is 11.8 Å². The quantitative estimate of drug-likeness (QED) is 0.766. The molecule has 0 saturated carbocycles. The van der Waals surface area contributed by atoms with Gasteiger partial charge in [0.25, 0.3) is 0 Å². The zero-order chi connectivity index (χ0) is 18.0. The van der Waals surface area contributed by atoms with Crippen LogP contribution in [0, 0.1) is 25.2 Å². The predicted octanol–water partition coefficient (Wildman–Crippen LogP) is 1.18. The minimum Gasteiger partial charge on any atom is -0.464 e. The van der Waals surface area contributed by atoms with Crippen molar-refractivity contribution in [2.45, 2.75) is 32.7 Å². The topological polar surface area (TPSA) is 110 Å². The van der Waals surface area contributed by atoms with Crippen molar-refractivity contribution in [3.8, 4) is 6.07 Å². The van der Waals surface area contributed by atoms with E-state index in [2.05, 4.69) is 31.3 Å². The molecule has 1 atom stereocenters. The van der Waals surface area contributed by atoms with Gasteiger partial charge in [0.15, 0.2) is 11.5 Å². The highest BCUT2D eigenvalue weighted by atomic mass is 16.5. The van der Waals surface area contributed by atoms with Gasteiger partial charge in [-0.1, -0.05) is 5.21 Å². The van der Waals surface area contributed by atoms with Crippen molar-refractivity contribution in [1.82, 2.24) is 25.2 Å². The molecule has 0 radical (unpaired) electrons. The Kier molecular flexibility index (Phi) is 4.61. The van der Waals surface area contributed by atoms with Gasteiger partial charge < -0.3 is 9.64 Å². The number of aryl methyl sites for hydroxylation is 1. The first kappa shape index (κ1) is 16.8. The third-order valence-electron chi connectivity index (χ3n) is 4.52. The van der Waals surface area contributed by atoms with E-state index in [9.17, 15) is 10.1 Å². The molecule has 0 unspecified atom stereocenters. The lowest BCUT2D eigenvalue weighted by Crippen LogP contribution is -2.38. The van der Waals surface area contributed by atoms with E-state index in [1.54, 1.807) is 10.9 Å². The van der Waals surface area contributed by atoms with Crippen LogP contribution in [0.15, 0.2) is 6.20 Å². The highest BCUT2D eigenvalue weighted by Gasteiger charge is 2.27. The molecule has 0 N–H and O–H groups in total. The number of hydrogen-bond donors (Lipinski definition) is 0. The van der Waals surface area contributed by atoms with Crippen LogP contribution in [0.25, 0.3) is 0 Å². The molecule has 0 aliphatic carbocycles. The summed E-state index contributed by atoms with van der Waals surface area (Å²) in [4.78, 5) is 13.6. The zero-order valence-corrected chi connectivity index (χ0v) is 14.4. The molecule has 2 aromatic rings. The number of carbonyl (C=O) groups excluding carboxylic acids is 1. The van der Waals surface area contributed by atoms with Gasteiger partial charge >= 0.3 is 5.97 Å². The number of methoxy groups -OCH3 is 1. The fourth-order valence-corrected chi connectivity index (χ4v) is 2.97. The van der Waals surface area contributed by atoms with Crippen LogP contribution in [0.5, 0.6) is 0 Å². The van der Waals surface area contributed by atoms with E-state index in [-0.39, 0.29) is 11.7 Å². The number of piperidine rings is 1. The van der Waals surface area contributed by atoms with Gasteiger partial charge in [-0.25, -0.2) is 9.48 Å². The van der Waals surface area contributed by atoms with Crippen LogP contribution in [0.3, 0.4) is 0 Å². The molecule has 0 amide bonds. The highest BCUT2D eigenvalue weighted by molar-refractivity contribution is 5.86. The van der Waals surface area contributed by atoms with Crippen molar-refractivity contribution in [1.29, 1.82) is 5.26 Å². The number of rotatable bonds is 3. The fourth-order valence-electron chi connectivity index (χ4n) is 2.97. The van der Waals surface area contributed by atoms with Crippen LogP contribution in [0.1, 0.15) is 46.2 Å². The summed E-state index contributed by atoms with van der Waals surface area (Å²) in [5, 5.41) is 25.8. The van der Waals surface area contributed by atoms with Crippen molar-refractivity contribution in [2.24, 2.45) is 0 Å². The molecule has 1 fully saturated rings. The second kappa shape index (κ2) is 6.84. The molecule has 25 heavy (non-hydrogen) atoms. The molecule has 0 bridgehead atoms. The van der Waals surface area contributed by atoms with E-state index < -0.39 is 5.97 Å². The average Bonchev–Trinajstić information content (AvgIpc) is 3.13. The second-order valence-electron chi connectivity index (χ2n) is 6.04. The normalized spacial score (nSPS) is 17.2. The summed E-state index contributed by atoms with van der Waals surface area (Å²) in [6, 6.07) is 2.28. The molecule has 1 aliphatic rings. The molecule has 1 aliphatic heterocycles. The van der Waals surface area contributed by atoms with Gasteiger partial charge in [-0.2, -0.15) is 10.4 Å². The molecule has 3 heterocycles. The third kappa shape index (κ3) is 3.15. The number of esters is 1. The first-order valence-electron chi connectivity index (χ1n) is 8.04. The number of anilines is 1. The summed E-state index contributed by atoms with van der Waals surface area (Å²) in [6.45, 7) is 5.14. The first-order valence-corrected chi connectivity index (χ1v) is 8.04. The Morgan fingerprint density at radius 3 is 2.88 bits per heavy atom. The maximum Gasteiger partial charge on any atom is 0.360 e. The molecule has 2 aromatic heterocycles. The molecule has 130 valence electrons. The number of hydrogen-bond acceptors (Lipinski definition) is 8. The zero-order valence-electron chi connectivity index (χ0n) is 14.4. The molecule has 9 nitrogen and oxygen atoms in total. The smallest absolute Gasteiger partial charge is 0.360 e. The van der Waals surface area contributed by atoms with Gasteiger partial charge in [0, 0.05) is 13.1 Å². The molecule has 3 rings (SSSR count). The van der Waals surface area contributed by atoms with Crippen LogP contribution in [-0.2, 0) is 4.74 Å². The van der Waals surface area contributed by atoms with E-state index in [4.69, 9.17) is 0 Å². The average molecular weight is 341 g/mol. The van der Waals surface area contributed by atoms with E-state index in [1.165, 1.54) is 7.11 Å².